The van der Waals surface area contributed by atoms with E-state index in [4.69, 9.17) is 4.98 Å². The summed E-state index contributed by atoms with van der Waals surface area (Å²) in [7, 11) is 0. The van der Waals surface area contributed by atoms with E-state index in [1.807, 2.05) is 55.5 Å². The summed E-state index contributed by atoms with van der Waals surface area (Å²) in [4.78, 5) is 31.1. The van der Waals surface area contributed by atoms with Crippen LogP contribution in [0.1, 0.15) is 60.0 Å². The summed E-state index contributed by atoms with van der Waals surface area (Å²) in [5, 5.41) is 13.4. The molecule has 0 unspecified atom stereocenters. The molecule has 2 N–H and O–H groups in total. The van der Waals surface area contributed by atoms with Gasteiger partial charge in [0, 0.05) is 21.0 Å². The Bertz CT molecular complexity index is 1730. The lowest BCUT2D eigenvalue weighted by Gasteiger charge is -2.41. The molecular formula is C34H30BrF3N2O4. The summed E-state index contributed by atoms with van der Waals surface area (Å²) in [5.41, 5.74) is 2.30. The predicted molar refractivity (Wildman–Crippen MR) is 166 cm³/mol. The van der Waals surface area contributed by atoms with Crippen molar-refractivity contribution in [1.29, 1.82) is 0 Å². The molecule has 4 aromatic rings. The standard InChI is InChI=1S/C34H30BrF3N2O4/c1-21-30(25-20-23(35)14-16-27(25)39-31(21)22-10-4-2-5-11-22)32(43)40-33(18-8-3-9-19-33)26(15-17-29(41)42)24-12-6-7-13-28(24)44-34(36,37)38/h2,4-7,10-16,20H,3,8-9,17-19H2,1H3,(H,40,43)(H,41,42)/b26-15-. The highest BCUT2D eigenvalue weighted by Crippen LogP contribution is 2.44. The Kier molecular flexibility index (Phi) is 9.10. The Morgan fingerprint density at radius 2 is 1.70 bits per heavy atom. The number of carboxylic acids is 1. The number of nitrogens with one attached hydrogen (secondary N) is 1. The zero-order valence-corrected chi connectivity index (χ0v) is 25.5. The van der Waals surface area contributed by atoms with Crippen molar-refractivity contribution in [2.45, 2.75) is 57.3 Å². The van der Waals surface area contributed by atoms with Crippen molar-refractivity contribution in [3.8, 4) is 17.0 Å². The smallest absolute Gasteiger partial charge is 0.481 e. The summed E-state index contributed by atoms with van der Waals surface area (Å²) < 4.78 is 45.5. The molecule has 5 rings (SSSR count). The molecule has 0 aliphatic heterocycles. The lowest BCUT2D eigenvalue weighted by molar-refractivity contribution is -0.274. The SMILES string of the molecule is Cc1c(-c2ccccc2)nc2ccc(Br)cc2c1C(=O)NC1(/C(=C\CC(=O)O)c2ccccc2OC(F)(F)F)CCCCC1. The first kappa shape index (κ1) is 31.3. The van der Waals surface area contributed by atoms with Gasteiger partial charge in [-0.05, 0) is 55.2 Å². The lowest BCUT2D eigenvalue weighted by Crippen LogP contribution is -2.51. The molecule has 1 fully saturated rings. The minimum atomic E-state index is -4.97. The third-order valence-corrected chi connectivity index (χ3v) is 8.42. The third kappa shape index (κ3) is 6.80. The van der Waals surface area contributed by atoms with Gasteiger partial charge in [0.1, 0.15) is 5.75 Å². The maximum Gasteiger partial charge on any atom is 0.573 e. The number of halogens is 4. The van der Waals surface area contributed by atoms with Gasteiger partial charge in [-0.25, -0.2) is 4.98 Å². The van der Waals surface area contributed by atoms with Gasteiger partial charge in [0.15, 0.2) is 0 Å². The van der Waals surface area contributed by atoms with Crippen LogP contribution in [0.2, 0.25) is 0 Å². The van der Waals surface area contributed by atoms with E-state index in [0.29, 0.717) is 53.4 Å². The second kappa shape index (κ2) is 12.8. The van der Waals surface area contributed by atoms with Crippen LogP contribution in [0.15, 0.2) is 83.3 Å². The van der Waals surface area contributed by atoms with Crippen molar-refractivity contribution >= 4 is 44.3 Å². The topological polar surface area (TPSA) is 88.5 Å². The molecule has 228 valence electrons. The molecule has 10 heteroatoms. The molecule has 3 aromatic carbocycles. The first-order chi connectivity index (χ1) is 21.0. The molecule has 0 saturated heterocycles. The number of pyridine rings is 1. The van der Waals surface area contributed by atoms with Crippen LogP contribution in [-0.4, -0.2) is 33.9 Å². The minimum Gasteiger partial charge on any atom is -0.481 e. The molecule has 1 saturated carbocycles. The Labute approximate surface area is 261 Å². The average Bonchev–Trinajstić information content (AvgIpc) is 2.97. The monoisotopic (exact) mass is 666 g/mol. The molecule has 6 nitrogen and oxygen atoms in total. The fraction of sp³-hybridized carbons (Fsp3) is 0.265. The number of carbonyl (C=O) groups is 2. The van der Waals surface area contributed by atoms with E-state index < -0.39 is 35.9 Å². The number of aromatic nitrogens is 1. The van der Waals surface area contributed by atoms with Crippen LogP contribution < -0.4 is 10.1 Å². The zero-order valence-electron chi connectivity index (χ0n) is 23.9. The van der Waals surface area contributed by atoms with Gasteiger partial charge >= 0.3 is 12.3 Å². The fourth-order valence-electron chi connectivity index (χ4n) is 6.05. The van der Waals surface area contributed by atoms with Crippen LogP contribution in [0.25, 0.3) is 27.7 Å². The molecule has 1 aliphatic rings. The van der Waals surface area contributed by atoms with E-state index in [9.17, 15) is 27.9 Å². The Balaban J connectivity index is 1.69. The highest BCUT2D eigenvalue weighted by molar-refractivity contribution is 9.10. The lowest BCUT2D eigenvalue weighted by atomic mass is 9.73. The first-order valence-electron chi connectivity index (χ1n) is 14.2. The molecule has 0 radical (unpaired) electrons. The van der Waals surface area contributed by atoms with Crippen molar-refractivity contribution < 1.29 is 32.6 Å². The summed E-state index contributed by atoms with van der Waals surface area (Å²) in [6.07, 6.45) is -0.971. The van der Waals surface area contributed by atoms with Gasteiger partial charge in [-0.3, -0.25) is 9.59 Å². The van der Waals surface area contributed by atoms with Crippen molar-refractivity contribution in [1.82, 2.24) is 10.3 Å². The van der Waals surface area contributed by atoms with E-state index >= 15 is 0 Å². The van der Waals surface area contributed by atoms with Crippen molar-refractivity contribution in [3.63, 3.8) is 0 Å². The number of carbonyl (C=O) groups excluding carboxylic acids is 1. The maximum absolute atomic E-state index is 14.5. The van der Waals surface area contributed by atoms with Gasteiger partial charge in [0.05, 0.1) is 28.7 Å². The molecule has 0 atom stereocenters. The number of ether oxygens (including phenoxy) is 1. The van der Waals surface area contributed by atoms with Gasteiger partial charge in [0.2, 0.25) is 0 Å². The zero-order chi connectivity index (χ0) is 31.5. The van der Waals surface area contributed by atoms with Gasteiger partial charge in [0.25, 0.3) is 5.91 Å². The summed E-state index contributed by atoms with van der Waals surface area (Å²) in [6, 6.07) is 20.6. The van der Waals surface area contributed by atoms with Crippen molar-refractivity contribution in [2.24, 2.45) is 0 Å². The van der Waals surface area contributed by atoms with Crippen LogP contribution in [0.3, 0.4) is 0 Å². The third-order valence-electron chi connectivity index (χ3n) is 7.92. The summed E-state index contributed by atoms with van der Waals surface area (Å²) >= 11 is 3.50. The van der Waals surface area contributed by atoms with E-state index in [2.05, 4.69) is 26.0 Å². The number of fused-ring (bicyclic) bond motifs is 1. The molecule has 0 spiro atoms. The second-order valence-corrected chi connectivity index (χ2v) is 11.8. The Hall–Kier alpha value is -4.18. The molecule has 1 amide bonds. The highest BCUT2D eigenvalue weighted by Gasteiger charge is 2.41. The number of hydrogen-bond acceptors (Lipinski definition) is 4. The van der Waals surface area contributed by atoms with Crippen LogP contribution in [-0.2, 0) is 4.79 Å². The van der Waals surface area contributed by atoms with Crippen LogP contribution in [0.4, 0.5) is 13.2 Å². The minimum absolute atomic E-state index is 0.0808. The van der Waals surface area contributed by atoms with Gasteiger partial charge in [-0.1, -0.05) is 89.8 Å². The molecule has 1 aliphatic carbocycles. The van der Waals surface area contributed by atoms with E-state index in [-0.39, 0.29) is 11.1 Å². The number of carboxylic acid groups (broad SMARTS) is 1. The largest absolute Gasteiger partial charge is 0.573 e. The van der Waals surface area contributed by atoms with E-state index in [0.717, 1.165) is 16.5 Å². The molecular weight excluding hydrogens is 637 g/mol. The molecule has 44 heavy (non-hydrogen) atoms. The highest BCUT2D eigenvalue weighted by atomic mass is 79.9. The number of rotatable bonds is 8. The number of para-hydroxylation sites is 1. The molecule has 1 aromatic heterocycles. The number of alkyl halides is 3. The molecule has 1 heterocycles. The number of benzene rings is 3. The number of nitrogens with zero attached hydrogens (tertiary/aromatic N) is 1. The first-order valence-corrected chi connectivity index (χ1v) is 15.0. The second-order valence-electron chi connectivity index (χ2n) is 10.8. The summed E-state index contributed by atoms with van der Waals surface area (Å²) in [5.74, 6) is -2.04. The quantitative estimate of drug-likeness (QED) is 0.196. The van der Waals surface area contributed by atoms with E-state index in [1.54, 1.807) is 6.07 Å². The number of aliphatic carboxylic acids is 1. The van der Waals surface area contributed by atoms with E-state index in [1.165, 1.54) is 24.3 Å². The normalized spacial score (nSPS) is 15.2. The summed E-state index contributed by atoms with van der Waals surface area (Å²) in [6.45, 7) is 1.83. The van der Waals surface area contributed by atoms with Crippen LogP contribution in [0.5, 0.6) is 5.75 Å². The molecule has 0 bridgehead atoms. The Morgan fingerprint density at radius 1 is 1.02 bits per heavy atom. The predicted octanol–water partition coefficient (Wildman–Crippen LogP) is 8.86. The van der Waals surface area contributed by atoms with Crippen LogP contribution >= 0.6 is 15.9 Å². The fourth-order valence-corrected chi connectivity index (χ4v) is 6.41. The maximum atomic E-state index is 14.5. The Morgan fingerprint density at radius 3 is 2.39 bits per heavy atom. The van der Waals surface area contributed by atoms with Gasteiger partial charge in [-0.2, -0.15) is 0 Å². The van der Waals surface area contributed by atoms with Gasteiger partial charge < -0.3 is 15.2 Å². The number of amides is 1. The van der Waals surface area contributed by atoms with Gasteiger partial charge in [-0.15, -0.1) is 13.2 Å². The van der Waals surface area contributed by atoms with Crippen LogP contribution in [0, 0.1) is 6.92 Å². The van der Waals surface area contributed by atoms with Crippen molar-refractivity contribution in [3.05, 3.63) is 100 Å². The average molecular weight is 668 g/mol. The van der Waals surface area contributed by atoms with Crippen molar-refractivity contribution in [2.75, 3.05) is 0 Å². The number of hydrogen-bond donors (Lipinski definition) is 2.